The lowest BCUT2D eigenvalue weighted by Crippen LogP contribution is -2.43. The Morgan fingerprint density at radius 2 is 1.84 bits per heavy atom. The number of hydrogen-bond donors (Lipinski definition) is 1. The average Bonchev–Trinajstić information content (AvgIpc) is 2.42. The van der Waals surface area contributed by atoms with Crippen molar-refractivity contribution in [2.24, 2.45) is 5.73 Å². The highest BCUT2D eigenvalue weighted by molar-refractivity contribution is 5.42. The van der Waals surface area contributed by atoms with E-state index in [9.17, 15) is 4.39 Å². The van der Waals surface area contributed by atoms with Gasteiger partial charge >= 0.3 is 0 Å². The van der Waals surface area contributed by atoms with Crippen LogP contribution in [0, 0.1) is 5.82 Å². The summed E-state index contributed by atoms with van der Waals surface area (Å²) in [6.45, 7) is 0.571. The molecule has 0 saturated carbocycles. The third kappa shape index (κ3) is 2.22. The number of para-hydroxylation sites is 1. The molecule has 19 heavy (non-hydrogen) atoms. The minimum absolute atomic E-state index is 0.198. The number of fused-ring (bicyclic) bond motifs is 1. The summed E-state index contributed by atoms with van der Waals surface area (Å²) in [7, 11) is 0. The van der Waals surface area contributed by atoms with Gasteiger partial charge in [0.1, 0.15) is 11.6 Å². The predicted molar refractivity (Wildman–Crippen MR) is 72.5 cm³/mol. The maximum absolute atomic E-state index is 13.8. The second kappa shape index (κ2) is 4.67. The van der Waals surface area contributed by atoms with E-state index in [0.717, 1.165) is 11.3 Å². The quantitative estimate of drug-likeness (QED) is 0.897. The fraction of sp³-hybridized carbons (Fsp3) is 0.250. The summed E-state index contributed by atoms with van der Waals surface area (Å²) >= 11 is 0. The zero-order chi connectivity index (χ0) is 13.3. The molecule has 0 radical (unpaired) electrons. The van der Waals surface area contributed by atoms with E-state index in [0.29, 0.717) is 25.0 Å². The van der Waals surface area contributed by atoms with Gasteiger partial charge in [0.25, 0.3) is 0 Å². The van der Waals surface area contributed by atoms with Crippen molar-refractivity contribution in [2.45, 2.75) is 18.4 Å². The summed E-state index contributed by atoms with van der Waals surface area (Å²) in [6, 6.07) is 14.6. The molecule has 1 unspecified atom stereocenters. The van der Waals surface area contributed by atoms with E-state index in [4.69, 9.17) is 10.5 Å². The Morgan fingerprint density at radius 3 is 2.68 bits per heavy atom. The molecule has 1 atom stereocenters. The zero-order valence-electron chi connectivity index (χ0n) is 10.6. The molecule has 0 aliphatic carbocycles. The van der Waals surface area contributed by atoms with Gasteiger partial charge in [-0.15, -0.1) is 0 Å². The van der Waals surface area contributed by atoms with Crippen molar-refractivity contribution in [1.29, 1.82) is 0 Å². The van der Waals surface area contributed by atoms with Crippen LogP contribution in [0.1, 0.15) is 17.5 Å². The summed E-state index contributed by atoms with van der Waals surface area (Å²) in [4.78, 5) is 0. The molecule has 0 spiro atoms. The number of hydrogen-bond acceptors (Lipinski definition) is 2. The highest BCUT2D eigenvalue weighted by Gasteiger charge is 2.34. The van der Waals surface area contributed by atoms with E-state index < -0.39 is 5.54 Å². The van der Waals surface area contributed by atoms with Gasteiger partial charge in [-0.3, -0.25) is 0 Å². The second-order valence-electron chi connectivity index (χ2n) is 5.02. The van der Waals surface area contributed by atoms with Gasteiger partial charge in [-0.05, 0) is 24.1 Å². The van der Waals surface area contributed by atoms with Crippen LogP contribution >= 0.6 is 0 Å². The van der Waals surface area contributed by atoms with E-state index in [-0.39, 0.29) is 5.82 Å². The molecule has 2 nitrogen and oxygen atoms in total. The standard InChI is InChI=1S/C16H16FNO/c17-14-7-3-1-5-12(14)11-16(18)9-10-19-15-8-4-2-6-13(15)16/h1-8H,9-11,18H2. The van der Waals surface area contributed by atoms with Gasteiger partial charge in [-0.25, -0.2) is 4.39 Å². The molecule has 98 valence electrons. The van der Waals surface area contributed by atoms with Crippen molar-refractivity contribution < 1.29 is 9.13 Å². The predicted octanol–water partition coefficient (Wildman–Crippen LogP) is 3.00. The molecule has 0 aromatic heterocycles. The molecule has 2 aromatic rings. The number of nitrogens with two attached hydrogens (primary N) is 1. The highest BCUT2D eigenvalue weighted by Crippen LogP contribution is 2.37. The average molecular weight is 257 g/mol. The first-order chi connectivity index (χ1) is 9.19. The maximum Gasteiger partial charge on any atom is 0.126 e. The SMILES string of the molecule is NC1(Cc2ccccc2F)CCOc2ccccc21. The third-order valence-corrected chi connectivity index (χ3v) is 3.69. The van der Waals surface area contributed by atoms with Crippen LogP contribution in [0.3, 0.4) is 0 Å². The minimum Gasteiger partial charge on any atom is -0.493 e. The van der Waals surface area contributed by atoms with Crippen LogP contribution in [0.4, 0.5) is 4.39 Å². The summed E-state index contributed by atoms with van der Waals surface area (Å²) in [5, 5.41) is 0. The van der Waals surface area contributed by atoms with Crippen LogP contribution in [-0.4, -0.2) is 6.61 Å². The molecule has 3 rings (SSSR count). The van der Waals surface area contributed by atoms with Crippen molar-refractivity contribution in [2.75, 3.05) is 6.61 Å². The second-order valence-corrected chi connectivity index (χ2v) is 5.02. The smallest absolute Gasteiger partial charge is 0.126 e. The number of halogens is 1. The lowest BCUT2D eigenvalue weighted by molar-refractivity contribution is 0.214. The largest absolute Gasteiger partial charge is 0.493 e. The van der Waals surface area contributed by atoms with Crippen molar-refractivity contribution in [3.05, 3.63) is 65.5 Å². The summed E-state index contributed by atoms with van der Waals surface area (Å²) in [5.74, 6) is 0.615. The van der Waals surface area contributed by atoms with E-state index in [1.165, 1.54) is 6.07 Å². The first-order valence-corrected chi connectivity index (χ1v) is 6.44. The molecular weight excluding hydrogens is 241 g/mol. The molecule has 1 heterocycles. The number of benzene rings is 2. The first-order valence-electron chi connectivity index (χ1n) is 6.44. The monoisotopic (exact) mass is 257 g/mol. The Hall–Kier alpha value is -1.87. The Morgan fingerprint density at radius 1 is 1.11 bits per heavy atom. The molecule has 0 fully saturated rings. The maximum atomic E-state index is 13.8. The first kappa shape index (κ1) is 12.2. The van der Waals surface area contributed by atoms with E-state index in [1.54, 1.807) is 12.1 Å². The van der Waals surface area contributed by atoms with Gasteiger partial charge < -0.3 is 10.5 Å². The summed E-state index contributed by atoms with van der Waals surface area (Å²) in [6.07, 6.45) is 1.18. The Bertz CT molecular complexity index is 599. The van der Waals surface area contributed by atoms with Crippen LogP contribution in [0.15, 0.2) is 48.5 Å². The molecule has 1 aliphatic heterocycles. The Labute approximate surface area is 112 Å². The van der Waals surface area contributed by atoms with Gasteiger partial charge in [0.2, 0.25) is 0 Å². The highest BCUT2D eigenvalue weighted by atomic mass is 19.1. The van der Waals surface area contributed by atoms with Crippen molar-refractivity contribution in [1.82, 2.24) is 0 Å². The summed E-state index contributed by atoms with van der Waals surface area (Å²) < 4.78 is 19.4. The Balaban J connectivity index is 1.99. The Kier molecular flexibility index (Phi) is 2.99. The van der Waals surface area contributed by atoms with Crippen LogP contribution in [-0.2, 0) is 12.0 Å². The van der Waals surface area contributed by atoms with Crippen molar-refractivity contribution >= 4 is 0 Å². The van der Waals surface area contributed by atoms with Gasteiger partial charge in [0.15, 0.2) is 0 Å². The van der Waals surface area contributed by atoms with E-state index >= 15 is 0 Å². The molecule has 3 heteroatoms. The third-order valence-electron chi connectivity index (χ3n) is 3.69. The molecule has 0 amide bonds. The summed E-state index contributed by atoms with van der Waals surface area (Å²) in [5.41, 5.74) is 7.58. The molecule has 2 aromatic carbocycles. The van der Waals surface area contributed by atoms with Gasteiger partial charge in [0.05, 0.1) is 12.1 Å². The molecular formula is C16H16FNO. The van der Waals surface area contributed by atoms with E-state index in [1.807, 2.05) is 30.3 Å². The molecule has 1 aliphatic rings. The normalized spacial score (nSPS) is 21.6. The van der Waals surface area contributed by atoms with Gasteiger partial charge in [-0.2, -0.15) is 0 Å². The topological polar surface area (TPSA) is 35.2 Å². The fourth-order valence-corrected chi connectivity index (χ4v) is 2.65. The van der Waals surface area contributed by atoms with Gasteiger partial charge in [0, 0.05) is 12.0 Å². The molecule has 0 bridgehead atoms. The number of ether oxygens (including phenoxy) is 1. The zero-order valence-corrected chi connectivity index (χ0v) is 10.6. The van der Waals surface area contributed by atoms with Gasteiger partial charge in [-0.1, -0.05) is 36.4 Å². The molecule has 0 saturated heterocycles. The lowest BCUT2D eigenvalue weighted by atomic mass is 9.80. The van der Waals surface area contributed by atoms with Crippen LogP contribution < -0.4 is 10.5 Å². The number of rotatable bonds is 2. The van der Waals surface area contributed by atoms with Crippen LogP contribution in [0.25, 0.3) is 0 Å². The lowest BCUT2D eigenvalue weighted by Gasteiger charge is -2.35. The van der Waals surface area contributed by atoms with Crippen LogP contribution in [0.5, 0.6) is 5.75 Å². The molecule has 2 N–H and O–H groups in total. The van der Waals surface area contributed by atoms with Crippen molar-refractivity contribution in [3.8, 4) is 5.75 Å². The van der Waals surface area contributed by atoms with Crippen molar-refractivity contribution in [3.63, 3.8) is 0 Å². The van der Waals surface area contributed by atoms with E-state index in [2.05, 4.69) is 0 Å². The van der Waals surface area contributed by atoms with Crippen LogP contribution in [0.2, 0.25) is 0 Å². The minimum atomic E-state index is -0.558. The fourth-order valence-electron chi connectivity index (χ4n) is 2.65.